The number of rotatable bonds is 3. The molecule has 4 atom stereocenters. The number of aryl methyl sites for hydroxylation is 1. The van der Waals surface area contributed by atoms with E-state index in [1.807, 2.05) is 66.4 Å². The summed E-state index contributed by atoms with van der Waals surface area (Å²) in [4.78, 5) is 52.1. The Labute approximate surface area is 217 Å². The molecule has 3 heterocycles. The van der Waals surface area contributed by atoms with E-state index in [9.17, 15) is 27.6 Å². The van der Waals surface area contributed by atoms with Crippen LogP contribution in [0.15, 0.2) is 54.6 Å². The zero-order valence-electron chi connectivity index (χ0n) is 20.9. The molecule has 3 aliphatic heterocycles. The Kier molecular flexibility index (Phi) is 7.33. The Hall–Kier alpha value is -3.73. The minimum absolute atomic E-state index is 0.0655. The highest BCUT2D eigenvalue weighted by Gasteiger charge is 2.68. The molecule has 0 saturated carbocycles. The van der Waals surface area contributed by atoms with Crippen LogP contribution in [0, 0.1) is 18.8 Å². The van der Waals surface area contributed by atoms with E-state index in [-0.39, 0.29) is 23.8 Å². The number of hydrogen-bond acceptors (Lipinski definition) is 5. The average molecular weight is 532 g/mol. The number of aliphatic carboxylic acids is 1. The van der Waals surface area contributed by atoms with Gasteiger partial charge in [0.05, 0.1) is 11.8 Å². The first-order valence-corrected chi connectivity index (χ1v) is 12.2. The molecule has 2 aromatic carbocycles. The molecule has 3 aliphatic rings. The number of hydrogen-bond donors (Lipinski definition) is 2. The van der Waals surface area contributed by atoms with Gasteiger partial charge >= 0.3 is 12.1 Å². The van der Waals surface area contributed by atoms with E-state index in [2.05, 4.69) is 5.32 Å². The van der Waals surface area contributed by atoms with Gasteiger partial charge < -0.3 is 10.0 Å². The summed E-state index contributed by atoms with van der Waals surface area (Å²) in [5.74, 6) is -4.48. The van der Waals surface area contributed by atoms with Crippen LogP contribution in [0.2, 0.25) is 0 Å². The minimum atomic E-state index is -5.08. The maximum atomic E-state index is 13.9. The van der Waals surface area contributed by atoms with Crippen LogP contribution < -0.4 is 5.32 Å². The summed E-state index contributed by atoms with van der Waals surface area (Å²) in [5.41, 5.74) is 2.14. The predicted molar refractivity (Wildman–Crippen MR) is 129 cm³/mol. The first-order valence-electron chi connectivity index (χ1n) is 12.2. The fraction of sp³-hybridized carbons (Fsp3) is 0.407. The standard InChI is InChI=1S/C25H27N3O3.C2HF3O2/c1-16-9-11-17(12-10-16)15-28-14-6-13-25(24(28)31)20-19(22(29)27(2)23(20)30)21(26-25)18-7-4-3-5-8-18;3-2(4,5)1(6)7/h3-5,7-12,19-21,26H,6,13-15H2,1-2H3;(H,6,7)/t19-,20-,21-,25-;/m1./s1. The molecule has 8 nitrogen and oxygen atoms in total. The molecule has 2 N–H and O–H groups in total. The van der Waals surface area contributed by atoms with Gasteiger partial charge in [-0.1, -0.05) is 60.2 Å². The van der Waals surface area contributed by atoms with E-state index in [0.29, 0.717) is 19.5 Å². The number of nitrogens with one attached hydrogen (secondary N) is 1. The number of imide groups is 1. The molecule has 2 aromatic rings. The topological polar surface area (TPSA) is 107 Å². The number of carboxylic acid groups (broad SMARTS) is 1. The Morgan fingerprint density at radius 1 is 1.05 bits per heavy atom. The van der Waals surface area contributed by atoms with Gasteiger partial charge in [-0.15, -0.1) is 0 Å². The minimum Gasteiger partial charge on any atom is -0.475 e. The molecule has 3 saturated heterocycles. The quantitative estimate of drug-likeness (QED) is 0.590. The smallest absolute Gasteiger partial charge is 0.475 e. The van der Waals surface area contributed by atoms with Crippen LogP contribution in [0.5, 0.6) is 0 Å². The fourth-order valence-corrected chi connectivity index (χ4v) is 5.62. The van der Waals surface area contributed by atoms with Crippen molar-refractivity contribution >= 4 is 23.7 Å². The number of carbonyl (C=O) groups excluding carboxylic acids is 3. The highest BCUT2D eigenvalue weighted by atomic mass is 19.4. The maximum Gasteiger partial charge on any atom is 0.490 e. The second-order valence-electron chi connectivity index (χ2n) is 9.86. The molecule has 0 unspecified atom stereocenters. The third kappa shape index (κ3) is 4.90. The van der Waals surface area contributed by atoms with Crippen molar-refractivity contribution < 1.29 is 37.5 Å². The van der Waals surface area contributed by atoms with Crippen LogP contribution in [0.3, 0.4) is 0 Å². The largest absolute Gasteiger partial charge is 0.490 e. The summed E-state index contributed by atoms with van der Waals surface area (Å²) in [6, 6.07) is 17.5. The third-order valence-corrected chi connectivity index (χ3v) is 7.44. The SMILES string of the molecule is Cc1ccc(CN2CCC[C@]3(N[C@H](c4ccccc4)[C@@H]4C(=O)N(C)C(=O)[C@@H]43)C2=O)cc1.O=C(O)C(F)(F)F. The number of piperidine rings is 1. The molecule has 0 bridgehead atoms. The Morgan fingerprint density at radius 3 is 2.24 bits per heavy atom. The Bertz CT molecular complexity index is 1230. The van der Waals surface area contributed by atoms with E-state index in [1.165, 1.54) is 17.5 Å². The van der Waals surface area contributed by atoms with Gasteiger partial charge in [0.25, 0.3) is 0 Å². The number of alkyl halides is 3. The van der Waals surface area contributed by atoms with Gasteiger partial charge in [0.1, 0.15) is 5.54 Å². The van der Waals surface area contributed by atoms with Crippen molar-refractivity contribution in [1.29, 1.82) is 0 Å². The van der Waals surface area contributed by atoms with Crippen molar-refractivity contribution in [2.75, 3.05) is 13.6 Å². The molecule has 0 aromatic heterocycles. The molecule has 38 heavy (non-hydrogen) atoms. The summed E-state index contributed by atoms with van der Waals surface area (Å²) in [5, 5.41) is 10.6. The lowest BCUT2D eigenvalue weighted by atomic mass is 9.74. The molecule has 11 heteroatoms. The van der Waals surface area contributed by atoms with Gasteiger partial charge in [0, 0.05) is 26.2 Å². The molecule has 0 radical (unpaired) electrons. The van der Waals surface area contributed by atoms with Crippen molar-refractivity contribution in [3.63, 3.8) is 0 Å². The predicted octanol–water partition coefficient (Wildman–Crippen LogP) is 3.07. The Balaban J connectivity index is 0.000000426. The number of halogens is 3. The number of carbonyl (C=O) groups is 4. The number of amides is 3. The summed E-state index contributed by atoms with van der Waals surface area (Å²) >= 11 is 0. The molecule has 0 aliphatic carbocycles. The average Bonchev–Trinajstić information content (AvgIpc) is 3.33. The van der Waals surface area contributed by atoms with E-state index >= 15 is 0 Å². The molecule has 3 amide bonds. The highest BCUT2D eigenvalue weighted by Crippen LogP contribution is 2.51. The fourth-order valence-electron chi connectivity index (χ4n) is 5.62. The molecule has 3 fully saturated rings. The number of likely N-dealkylation sites (tertiary alicyclic amines) is 2. The number of carboxylic acids is 1. The van der Waals surface area contributed by atoms with Crippen LogP contribution in [-0.2, 0) is 25.7 Å². The number of fused-ring (bicyclic) bond motifs is 2. The first-order chi connectivity index (χ1) is 17.9. The monoisotopic (exact) mass is 531 g/mol. The zero-order chi connectivity index (χ0) is 27.8. The van der Waals surface area contributed by atoms with Crippen LogP contribution >= 0.6 is 0 Å². The summed E-state index contributed by atoms with van der Waals surface area (Å²) in [6.45, 7) is 3.20. The van der Waals surface area contributed by atoms with Gasteiger partial charge in [0.15, 0.2) is 0 Å². The second-order valence-corrected chi connectivity index (χ2v) is 9.86. The highest BCUT2D eigenvalue weighted by molar-refractivity contribution is 6.10. The second kappa shape index (κ2) is 10.2. The maximum absolute atomic E-state index is 13.9. The number of nitrogens with zero attached hydrogens (tertiary/aromatic N) is 2. The summed E-state index contributed by atoms with van der Waals surface area (Å²) < 4.78 is 31.7. The first kappa shape index (κ1) is 27.3. The lowest BCUT2D eigenvalue weighted by Gasteiger charge is -2.42. The lowest BCUT2D eigenvalue weighted by molar-refractivity contribution is -0.192. The van der Waals surface area contributed by atoms with Gasteiger partial charge in [-0.3, -0.25) is 24.6 Å². The van der Waals surface area contributed by atoms with Crippen molar-refractivity contribution in [3.05, 3.63) is 71.3 Å². The van der Waals surface area contributed by atoms with Gasteiger partial charge in [-0.2, -0.15) is 13.2 Å². The molecular weight excluding hydrogens is 503 g/mol. The third-order valence-electron chi connectivity index (χ3n) is 7.44. The van der Waals surface area contributed by atoms with Gasteiger partial charge in [-0.25, -0.2) is 4.79 Å². The number of benzene rings is 2. The van der Waals surface area contributed by atoms with E-state index in [0.717, 1.165) is 17.5 Å². The lowest BCUT2D eigenvalue weighted by Crippen LogP contribution is -2.63. The van der Waals surface area contributed by atoms with Crippen LogP contribution in [0.4, 0.5) is 13.2 Å². The summed E-state index contributed by atoms with van der Waals surface area (Å²) in [7, 11) is 1.54. The van der Waals surface area contributed by atoms with Crippen LogP contribution in [0.25, 0.3) is 0 Å². The van der Waals surface area contributed by atoms with E-state index in [4.69, 9.17) is 9.90 Å². The molecule has 1 spiro atoms. The van der Waals surface area contributed by atoms with Crippen molar-refractivity contribution in [3.8, 4) is 0 Å². The molecule has 5 rings (SSSR count). The van der Waals surface area contributed by atoms with Crippen molar-refractivity contribution in [2.45, 2.75) is 44.1 Å². The van der Waals surface area contributed by atoms with E-state index < -0.39 is 29.5 Å². The van der Waals surface area contributed by atoms with Gasteiger partial charge in [-0.05, 0) is 30.9 Å². The van der Waals surface area contributed by atoms with Crippen molar-refractivity contribution in [1.82, 2.24) is 15.1 Å². The van der Waals surface area contributed by atoms with Crippen LogP contribution in [-0.4, -0.2) is 63.9 Å². The zero-order valence-corrected chi connectivity index (χ0v) is 20.9. The van der Waals surface area contributed by atoms with Crippen molar-refractivity contribution in [2.24, 2.45) is 11.8 Å². The Morgan fingerprint density at radius 2 is 1.66 bits per heavy atom. The van der Waals surface area contributed by atoms with Gasteiger partial charge in [0.2, 0.25) is 17.7 Å². The molecule has 202 valence electrons. The van der Waals surface area contributed by atoms with Crippen LogP contribution in [0.1, 0.15) is 35.6 Å². The summed E-state index contributed by atoms with van der Waals surface area (Å²) in [6.07, 6.45) is -3.73. The molecular formula is C27H28F3N3O5. The van der Waals surface area contributed by atoms with E-state index in [1.54, 1.807) is 0 Å². The normalized spacial score (nSPS) is 26.9.